The molecule has 3 rings (SSSR count). The zero-order chi connectivity index (χ0) is 11.1. The Kier molecular flexibility index (Phi) is 2.06. The molecule has 0 aromatic heterocycles. The molecular weight excluding hydrogens is 199 g/mol. The van der Waals surface area contributed by atoms with Gasteiger partial charge >= 0.3 is 0 Å². The second-order valence-electron chi connectivity index (χ2n) is 4.48. The minimum Gasteiger partial charge on any atom is -0.207 e. The van der Waals surface area contributed by atoms with Crippen LogP contribution in [0.5, 0.6) is 0 Å². The smallest absolute Gasteiger partial charge is 0.123 e. The van der Waals surface area contributed by atoms with Crippen molar-refractivity contribution in [2.75, 3.05) is 0 Å². The quantitative estimate of drug-likeness (QED) is 0.608. The highest BCUT2D eigenvalue weighted by molar-refractivity contribution is 5.63. The van der Waals surface area contributed by atoms with Crippen LogP contribution in [0, 0.1) is 11.7 Å². The Bertz CT molecular complexity index is 520. The van der Waals surface area contributed by atoms with Gasteiger partial charge in [0, 0.05) is 11.8 Å². The summed E-state index contributed by atoms with van der Waals surface area (Å²) in [5, 5.41) is 0. The van der Waals surface area contributed by atoms with Gasteiger partial charge in [-0.05, 0) is 30.2 Å². The molecule has 2 atom stereocenters. The average Bonchev–Trinajstić information content (AvgIpc) is 2.29. The van der Waals surface area contributed by atoms with E-state index in [2.05, 4.69) is 37.3 Å². The topological polar surface area (TPSA) is 0 Å². The highest BCUT2D eigenvalue weighted by Gasteiger charge is 2.27. The molecule has 0 spiro atoms. The summed E-state index contributed by atoms with van der Waals surface area (Å²) in [5.41, 5.74) is 3.57. The molecule has 0 aliphatic heterocycles. The van der Waals surface area contributed by atoms with Crippen molar-refractivity contribution in [3.05, 3.63) is 65.0 Å². The van der Waals surface area contributed by atoms with Crippen molar-refractivity contribution >= 4 is 6.08 Å². The van der Waals surface area contributed by atoms with Crippen LogP contribution in [0.4, 0.5) is 4.39 Å². The second kappa shape index (κ2) is 3.44. The SMILES string of the molecule is CC1=Cc2cc(F)ccc2C2C=CC=CC12. The summed E-state index contributed by atoms with van der Waals surface area (Å²) >= 11 is 0. The van der Waals surface area contributed by atoms with Gasteiger partial charge in [-0.2, -0.15) is 0 Å². The molecule has 2 aliphatic carbocycles. The molecule has 80 valence electrons. The van der Waals surface area contributed by atoms with Crippen LogP contribution in [0.1, 0.15) is 24.0 Å². The number of hydrogen-bond donors (Lipinski definition) is 0. The number of halogens is 1. The molecule has 0 saturated heterocycles. The zero-order valence-electron chi connectivity index (χ0n) is 9.15. The monoisotopic (exact) mass is 212 g/mol. The summed E-state index contributed by atoms with van der Waals surface area (Å²) in [4.78, 5) is 0. The van der Waals surface area contributed by atoms with Gasteiger partial charge in [-0.1, -0.05) is 42.0 Å². The fourth-order valence-corrected chi connectivity index (χ4v) is 2.65. The molecule has 1 aromatic rings. The molecule has 2 unspecified atom stereocenters. The van der Waals surface area contributed by atoms with Gasteiger partial charge in [-0.25, -0.2) is 4.39 Å². The van der Waals surface area contributed by atoms with Crippen molar-refractivity contribution in [1.82, 2.24) is 0 Å². The third-order valence-corrected chi connectivity index (χ3v) is 3.45. The van der Waals surface area contributed by atoms with E-state index in [9.17, 15) is 4.39 Å². The Balaban J connectivity index is 2.19. The van der Waals surface area contributed by atoms with Gasteiger partial charge in [0.25, 0.3) is 0 Å². The first-order valence-corrected chi connectivity index (χ1v) is 5.58. The van der Waals surface area contributed by atoms with Crippen molar-refractivity contribution in [1.29, 1.82) is 0 Å². The Morgan fingerprint density at radius 2 is 1.81 bits per heavy atom. The molecule has 0 saturated carbocycles. The van der Waals surface area contributed by atoms with E-state index in [-0.39, 0.29) is 5.82 Å². The normalized spacial score (nSPS) is 26.0. The average molecular weight is 212 g/mol. The molecule has 0 heterocycles. The molecule has 1 aromatic carbocycles. The van der Waals surface area contributed by atoms with Gasteiger partial charge in [0.15, 0.2) is 0 Å². The lowest BCUT2D eigenvalue weighted by molar-refractivity contribution is 0.617. The predicted octanol–water partition coefficient (Wildman–Crippen LogP) is 4.07. The maximum Gasteiger partial charge on any atom is 0.123 e. The van der Waals surface area contributed by atoms with Crippen molar-refractivity contribution < 1.29 is 4.39 Å². The van der Waals surface area contributed by atoms with Gasteiger partial charge < -0.3 is 0 Å². The van der Waals surface area contributed by atoms with E-state index in [0.29, 0.717) is 11.8 Å². The van der Waals surface area contributed by atoms with E-state index in [1.54, 1.807) is 12.1 Å². The lowest BCUT2D eigenvalue weighted by Gasteiger charge is -2.31. The predicted molar refractivity (Wildman–Crippen MR) is 64.6 cm³/mol. The van der Waals surface area contributed by atoms with Crippen LogP contribution in [0.15, 0.2) is 48.1 Å². The number of hydrogen-bond acceptors (Lipinski definition) is 0. The zero-order valence-corrected chi connectivity index (χ0v) is 9.15. The number of fused-ring (bicyclic) bond motifs is 3. The Morgan fingerprint density at radius 3 is 2.62 bits per heavy atom. The first-order chi connectivity index (χ1) is 7.75. The van der Waals surface area contributed by atoms with Crippen molar-refractivity contribution in [2.24, 2.45) is 5.92 Å². The van der Waals surface area contributed by atoms with Crippen LogP contribution in [-0.2, 0) is 0 Å². The molecule has 0 nitrogen and oxygen atoms in total. The van der Waals surface area contributed by atoms with E-state index in [1.165, 1.54) is 11.1 Å². The molecule has 0 fully saturated rings. The minimum atomic E-state index is -0.156. The van der Waals surface area contributed by atoms with Gasteiger partial charge in [-0.3, -0.25) is 0 Å². The molecule has 0 bridgehead atoms. The van der Waals surface area contributed by atoms with Gasteiger partial charge in [-0.15, -0.1) is 0 Å². The van der Waals surface area contributed by atoms with E-state index < -0.39 is 0 Å². The van der Waals surface area contributed by atoms with Crippen molar-refractivity contribution in [2.45, 2.75) is 12.8 Å². The fourth-order valence-electron chi connectivity index (χ4n) is 2.65. The third-order valence-electron chi connectivity index (χ3n) is 3.45. The summed E-state index contributed by atoms with van der Waals surface area (Å²) < 4.78 is 13.2. The summed E-state index contributed by atoms with van der Waals surface area (Å²) in [5.74, 6) is 0.671. The Morgan fingerprint density at radius 1 is 1.06 bits per heavy atom. The van der Waals surface area contributed by atoms with Crippen LogP contribution < -0.4 is 0 Å². The van der Waals surface area contributed by atoms with Crippen molar-refractivity contribution in [3.63, 3.8) is 0 Å². The van der Waals surface area contributed by atoms with Crippen LogP contribution in [0.3, 0.4) is 0 Å². The highest BCUT2D eigenvalue weighted by Crippen LogP contribution is 2.41. The third kappa shape index (κ3) is 1.35. The first-order valence-electron chi connectivity index (χ1n) is 5.58. The summed E-state index contributed by atoms with van der Waals surface area (Å²) in [6.07, 6.45) is 10.7. The minimum absolute atomic E-state index is 0.156. The lowest BCUT2D eigenvalue weighted by atomic mass is 9.73. The number of benzene rings is 1. The molecule has 0 N–H and O–H groups in total. The molecule has 1 heteroatoms. The van der Waals surface area contributed by atoms with E-state index in [0.717, 1.165) is 5.56 Å². The summed E-state index contributed by atoms with van der Waals surface area (Å²) in [7, 11) is 0. The molecule has 0 amide bonds. The molecule has 2 aliphatic rings. The highest BCUT2D eigenvalue weighted by atomic mass is 19.1. The largest absolute Gasteiger partial charge is 0.207 e. The summed E-state index contributed by atoms with van der Waals surface area (Å²) in [6, 6.07) is 5.09. The fraction of sp³-hybridized carbons (Fsp3) is 0.200. The van der Waals surface area contributed by atoms with Crippen LogP contribution in [-0.4, -0.2) is 0 Å². The number of allylic oxidation sites excluding steroid dienone is 5. The maximum absolute atomic E-state index is 13.2. The van der Waals surface area contributed by atoms with E-state index >= 15 is 0 Å². The van der Waals surface area contributed by atoms with Crippen LogP contribution in [0.25, 0.3) is 6.08 Å². The first kappa shape index (κ1) is 9.59. The Hall–Kier alpha value is -1.63. The summed E-state index contributed by atoms with van der Waals surface area (Å²) in [6.45, 7) is 2.12. The second-order valence-corrected chi connectivity index (χ2v) is 4.48. The van der Waals surface area contributed by atoms with Gasteiger partial charge in [0.1, 0.15) is 5.82 Å². The Labute approximate surface area is 94.8 Å². The molecule has 16 heavy (non-hydrogen) atoms. The van der Waals surface area contributed by atoms with Crippen LogP contribution in [0.2, 0.25) is 0 Å². The lowest BCUT2D eigenvalue weighted by Crippen LogP contribution is -2.17. The molecular formula is C15H13F. The van der Waals surface area contributed by atoms with Crippen molar-refractivity contribution in [3.8, 4) is 0 Å². The maximum atomic E-state index is 13.2. The van der Waals surface area contributed by atoms with Gasteiger partial charge in [0.2, 0.25) is 0 Å². The van der Waals surface area contributed by atoms with Gasteiger partial charge in [0.05, 0.1) is 0 Å². The standard InChI is InChI=1S/C15H13F/c1-10-8-11-9-12(16)6-7-14(11)15-5-3-2-4-13(10)15/h2-9,13,15H,1H3. The van der Waals surface area contributed by atoms with Crippen LogP contribution >= 0.6 is 0 Å². The molecule has 0 radical (unpaired) electrons. The number of rotatable bonds is 0. The van der Waals surface area contributed by atoms with E-state index in [4.69, 9.17) is 0 Å². The van der Waals surface area contributed by atoms with E-state index in [1.807, 2.05) is 6.07 Å².